The van der Waals surface area contributed by atoms with Gasteiger partial charge in [0.15, 0.2) is 0 Å². The zero-order chi connectivity index (χ0) is 28.7. The minimum absolute atomic E-state index is 0.0140. The third kappa shape index (κ3) is 7.97. The van der Waals surface area contributed by atoms with E-state index in [1.165, 1.54) is 35.2 Å². The smallest absolute Gasteiger partial charge is 0.264 e. The number of nitrogens with zero attached hydrogens (tertiary/aromatic N) is 2. The number of benzene rings is 3. The third-order valence-corrected chi connectivity index (χ3v) is 9.12. The van der Waals surface area contributed by atoms with Crippen LogP contribution in [0.15, 0.2) is 76.1 Å². The van der Waals surface area contributed by atoms with E-state index < -0.39 is 28.5 Å². The van der Waals surface area contributed by atoms with Crippen LogP contribution < -0.4 is 9.62 Å². The average Bonchev–Trinajstić information content (AvgIpc) is 2.91. The summed E-state index contributed by atoms with van der Waals surface area (Å²) in [7, 11) is -4.19. The zero-order valence-electron chi connectivity index (χ0n) is 21.8. The van der Waals surface area contributed by atoms with Crippen molar-refractivity contribution in [2.75, 3.05) is 17.4 Å². The molecule has 0 unspecified atom stereocenters. The highest BCUT2D eigenvalue weighted by atomic mass is 79.9. The van der Waals surface area contributed by atoms with Crippen LogP contribution in [-0.2, 0) is 26.2 Å². The molecule has 0 aromatic heterocycles. The molecule has 208 valence electrons. The highest BCUT2D eigenvalue weighted by Gasteiger charge is 2.32. The Bertz CT molecular complexity index is 1420. The number of sulfonamides is 1. The molecule has 0 saturated carbocycles. The van der Waals surface area contributed by atoms with Crippen molar-refractivity contribution < 1.29 is 18.0 Å². The van der Waals surface area contributed by atoms with Gasteiger partial charge in [0.2, 0.25) is 11.8 Å². The van der Waals surface area contributed by atoms with E-state index in [4.69, 9.17) is 23.2 Å². The standard InChI is InChI=1S/C28H30BrCl2N3O4S/c1-4-15-32-28(36)20(3)33(17-21-7-9-22(29)10-8-21)27(35)18-34(23-11-14-25(30)26(31)16-23)39(37,38)24-12-5-19(2)6-13-24/h5-14,16,20H,4,15,17-18H2,1-3H3,(H,32,36)/t20-/m0/s1. The molecule has 0 saturated heterocycles. The van der Waals surface area contributed by atoms with Crippen LogP contribution in [0, 0.1) is 6.92 Å². The van der Waals surface area contributed by atoms with Crippen LogP contribution in [0.3, 0.4) is 0 Å². The molecule has 1 N–H and O–H groups in total. The minimum Gasteiger partial charge on any atom is -0.354 e. The Kier molecular flexibility index (Phi) is 10.8. The Hall–Kier alpha value is -2.59. The number of anilines is 1. The molecule has 7 nitrogen and oxygen atoms in total. The van der Waals surface area contributed by atoms with Crippen LogP contribution in [0.5, 0.6) is 0 Å². The number of aryl methyl sites for hydroxylation is 1. The van der Waals surface area contributed by atoms with Crippen LogP contribution in [0.2, 0.25) is 10.0 Å². The Morgan fingerprint density at radius 3 is 2.21 bits per heavy atom. The van der Waals surface area contributed by atoms with E-state index in [-0.39, 0.29) is 33.1 Å². The molecule has 0 aliphatic heterocycles. The maximum Gasteiger partial charge on any atom is 0.264 e. The maximum atomic E-state index is 13.9. The van der Waals surface area contributed by atoms with E-state index in [0.717, 1.165) is 26.3 Å². The summed E-state index contributed by atoms with van der Waals surface area (Å²) in [6, 6.07) is 17.2. The van der Waals surface area contributed by atoms with Gasteiger partial charge in [-0.3, -0.25) is 13.9 Å². The Morgan fingerprint density at radius 2 is 1.62 bits per heavy atom. The van der Waals surface area contributed by atoms with Gasteiger partial charge in [0, 0.05) is 17.6 Å². The third-order valence-electron chi connectivity index (χ3n) is 6.06. The number of nitrogens with one attached hydrogen (secondary N) is 1. The Labute approximate surface area is 248 Å². The highest BCUT2D eigenvalue weighted by Crippen LogP contribution is 2.31. The van der Waals surface area contributed by atoms with Gasteiger partial charge >= 0.3 is 0 Å². The first-order chi connectivity index (χ1) is 18.4. The van der Waals surface area contributed by atoms with Gasteiger partial charge in [0.25, 0.3) is 10.0 Å². The van der Waals surface area contributed by atoms with Crippen LogP contribution in [-0.4, -0.2) is 44.3 Å². The van der Waals surface area contributed by atoms with Gasteiger partial charge in [-0.25, -0.2) is 8.42 Å². The SMILES string of the molecule is CCCNC(=O)[C@H](C)N(Cc1ccc(Br)cc1)C(=O)CN(c1ccc(Cl)c(Cl)c1)S(=O)(=O)c1ccc(C)cc1. The number of rotatable bonds is 11. The molecule has 0 spiro atoms. The molecule has 0 heterocycles. The van der Waals surface area contributed by atoms with E-state index in [9.17, 15) is 18.0 Å². The molecule has 0 aliphatic rings. The molecular formula is C28H30BrCl2N3O4S. The molecule has 3 rings (SSSR count). The average molecular weight is 655 g/mol. The highest BCUT2D eigenvalue weighted by molar-refractivity contribution is 9.10. The fourth-order valence-electron chi connectivity index (χ4n) is 3.77. The van der Waals surface area contributed by atoms with Crippen molar-refractivity contribution in [3.8, 4) is 0 Å². The summed E-state index contributed by atoms with van der Waals surface area (Å²) < 4.78 is 29.5. The molecule has 1 atom stereocenters. The summed E-state index contributed by atoms with van der Waals surface area (Å²) >= 11 is 15.7. The first kappa shape index (κ1) is 30.9. The Morgan fingerprint density at radius 1 is 0.974 bits per heavy atom. The van der Waals surface area contributed by atoms with Crippen molar-refractivity contribution >= 4 is 66.7 Å². The summed E-state index contributed by atoms with van der Waals surface area (Å²) in [6.07, 6.45) is 0.735. The van der Waals surface area contributed by atoms with Crippen LogP contribution >= 0.6 is 39.1 Å². The first-order valence-corrected chi connectivity index (χ1v) is 15.3. The van der Waals surface area contributed by atoms with E-state index in [0.29, 0.717) is 6.54 Å². The van der Waals surface area contributed by atoms with Crippen LogP contribution in [0.4, 0.5) is 5.69 Å². The summed E-state index contributed by atoms with van der Waals surface area (Å²) in [5, 5.41) is 3.21. The first-order valence-electron chi connectivity index (χ1n) is 12.3. The lowest BCUT2D eigenvalue weighted by atomic mass is 10.1. The number of amides is 2. The van der Waals surface area contributed by atoms with Gasteiger partial charge in [0.1, 0.15) is 12.6 Å². The number of carbonyl (C=O) groups is 2. The maximum absolute atomic E-state index is 13.9. The largest absolute Gasteiger partial charge is 0.354 e. The number of halogens is 3. The van der Waals surface area contributed by atoms with Crippen molar-refractivity contribution in [1.82, 2.24) is 10.2 Å². The van der Waals surface area contributed by atoms with Crippen molar-refractivity contribution in [1.29, 1.82) is 0 Å². The quantitative estimate of drug-likeness (QED) is 0.267. The normalized spacial score (nSPS) is 12.1. The van der Waals surface area contributed by atoms with Gasteiger partial charge in [-0.1, -0.05) is 75.9 Å². The van der Waals surface area contributed by atoms with Crippen LogP contribution in [0.25, 0.3) is 0 Å². The lowest BCUT2D eigenvalue weighted by molar-refractivity contribution is -0.139. The number of hydrogen-bond acceptors (Lipinski definition) is 4. The molecule has 3 aromatic rings. The molecule has 0 aliphatic carbocycles. The number of carbonyl (C=O) groups excluding carboxylic acids is 2. The van der Waals surface area contributed by atoms with Gasteiger partial charge in [0.05, 0.1) is 20.6 Å². The van der Waals surface area contributed by atoms with Gasteiger partial charge < -0.3 is 10.2 Å². The van der Waals surface area contributed by atoms with Crippen molar-refractivity contribution in [3.05, 3.63) is 92.4 Å². The molecule has 0 fully saturated rings. The second-order valence-corrected chi connectivity index (χ2v) is 12.6. The van der Waals surface area contributed by atoms with E-state index in [2.05, 4.69) is 21.2 Å². The Balaban J connectivity index is 2.04. The van der Waals surface area contributed by atoms with Gasteiger partial charge in [-0.15, -0.1) is 0 Å². The predicted octanol–water partition coefficient (Wildman–Crippen LogP) is 6.20. The van der Waals surface area contributed by atoms with Crippen molar-refractivity contribution in [3.63, 3.8) is 0 Å². The molecule has 2 amide bonds. The predicted molar refractivity (Wildman–Crippen MR) is 160 cm³/mol. The molecule has 3 aromatic carbocycles. The lowest BCUT2D eigenvalue weighted by Gasteiger charge is -2.32. The van der Waals surface area contributed by atoms with Crippen molar-refractivity contribution in [2.24, 2.45) is 0 Å². The molecule has 11 heteroatoms. The second kappa shape index (κ2) is 13.7. The summed E-state index contributed by atoms with van der Waals surface area (Å²) in [5.41, 5.74) is 1.84. The van der Waals surface area contributed by atoms with Crippen molar-refractivity contribution in [2.45, 2.75) is 44.7 Å². The fourth-order valence-corrected chi connectivity index (χ4v) is 5.73. The van der Waals surface area contributed by atoms with E-state index in [1.54, 1.807) is 19.1 Å². The topological polar surface area (TPSA) is 86.8 Å². The van der Waals surface area contributed by atoms with E-state index >= 15 is 0 Å². The zero-order valence-corrected chi connectivity index (χ0v) is 25.7. The molecule has 39 heavy (non-hydrogen) atoms. The van der Waals surface area contributed by atoms with Crippen LogP contribution in [0.1, 0.15) is 31.4 Å². The fraction of sp³-hybridized carbons (Fsp3) is 0.286. The summed E-state index contributed by atoms with van der Waals surface area (Å²) in [5.74, 6) is -0.886. The summed E-state index contributed by atoms with van der Waals surface area (Å²) in [6.45, 7) is 5.41. The lowest BCUT2D eigenvalue weighted by Crippen LogP contribution is -2.51. The van der Waals surface area contributed by atoms with Gasteiger partial charge in [-0.05, 0) is 68.3 Å². The minimum atomic E-state index is -4.19. The molecule has 0 radical (unpaired) electrons. The monoisotopic (exact) mass is 653 g/mol. The summed E-state index contributed by atoms with van der Waals surface area (Å²) in [4.78, 5) is 28.2. The second-order valence-electron chi connectivity index (χ2n) is 9.04. The van der Waals surface area contributed by atoms with Gasteiger partial charge in [-0.2, -0.15) is 0 Å². The van der Waals surface area contributed by atoms with E-state index in [1.807, 2.05) is 38.1 Å². The number of hydrogen-bond donors (Lipinski definition) is 1. The molecular weight excluding hydrogens is 625 g/mol. The molecule has 0 bridgehead atoms.